The Bertz CT molecular complexity index is 506. The summed E-state index contributed by atoms with van der Waals surface area (Å²) < 4.78 is 0. The van der Waals surface area contributed by atoms with Crippen molar-refractivity contribution < 1.29 is 19.6 Å². The number of hydrogen-bond acceptors (Lipinski definition) is 3. The van der Waals surface area contributed by atoms with Crippen molar-refractivity contribution in [1.82, 2.24) is 4.90 Å². The molecule has 1 amide bonds. The van der Waals surface area contributed by atoms with Crippen LogP contribution in [0, 0.1) is 0 Å². The number of amides is 1. The molecule has 5 nitrogen and oxygen atoms in total. The number of carbonyl (C=O) groups is 2. The van der Waals surface area contributed by atoms with Crippen LogP contribution >= 0.6 is 0 Å². The quantitative estimate of drug-likeness (QED) is 0.754. The first-order chi connectivity index (χ1) is 9.49. The summed E-state index contributed by atoms with van der Waals surface area (Å²) in [6, 6.07) is 6.62. The zero-order valence-electron chi connectivity index (χ0n) is 11.9. The van der Waals surface area contributed by atoms with Gasteiger partial charge in [0, 0.05) is 5.56 Å². The number of carboxylic acid groups (broad SMARTS) is 1. The van der Waals surface area contributed by atoms with Crippen LogP contribution < -0.4 is 10.0 Å². The number of aromatic carboxylic acids is 1. The molecule has 108 valence electrons. The Morgan fingerprint density at radius 1 is 1.20 bits per heavy atom. The van der Waals surface area contributed by atoms with Crippen molar-refractivity contribution in [1.29, 1.82) is 0 Å². The van der Waals surface area contributed by atoms with Crippen LogP contribution in [0.25, 0.3) is 0 Å². The number of carboxylic acids is 1. The van der Waals surface area contributed by atoms with Gasteiger partial charge in [0.2, 0.25) is 0 Å². The Balaban J connectivity index is 2.05. The van der Waals surface area contributed by atoms with Gasteiger partial charge in [-0.05, 0) is 31.5 Å². The molecule has 1 aliphatic heterocycles. The average molecular weight is 276 g/mol. The molecule has 0 atom stereocenters. The van der Waals surface area contributed by atoms with Crippen molar-refractivity contribution in [3.05, 3.63) is 35.4 Å². The summed E-state index contributed by atoms with van der Waals surface area (Å²) in [6.07, 6.45) is 0. The predicted molar refractivity (Wildman–Crippen MR) is 72.5 cm³/mol. The van der Waals surface area contributed by atoms with E-state index in [1.165, 1.54) is 17.0 Å². The van der Waals surface area contributed by atoms with E-state index in [1.807, 2.05) is 0 Å². The lowest BCUT2D eigenvalue weighted by Gasteiger charge is -2.34. The normalized spacial score (nSPS) is 16.4. The Kier molecular flexibility index (Phi) is 4.39. The fourth-order valence-corrected chi connectivity index (χ4v) is 2.54. The van der Waals surface area contributed by atoms with E-state index < -0.39 is 5.97 Å². The van der Waals surface area contributed by atoms with E-state index in [1.54, 1.807) is 17.0 Å². The molecule has 5 heteroatoms. The number of nitrogens with one attached hydrogen (secondary N) is 1. The molecule has 1 aromatic carbocycles. The minimum Gasteiger partial charge on any atom is -0.545 e. The van der Waals surface area contributed by atoms with Crippen LogP contribution in [0.15, 0.2) is 24.3 Å². The predicted octanol–water partition coefficient (Wildman–Crippen LogP) is -1.20. The van der Waals surface area contributed by atoms with Crippen LogP contribution in [0.1, 0.15) is 34.6 Å². The van der Waals surface area contributed by atoms with Gasteiger partial charge in [0.15, 0.2) is 0 Å². The molecule has 0 aromatic heterocycles. The Hall–Kier alpha value is -1.88. The van der Waals surface area contributed by atoms with Crippen LogP contribution in [-0.4, -0.2) is 49.0 Å². The third-order valence-corrected chi connectivity index (χ3v) is 3.85. The van der Waals surface area contributed by atoms with E-state index >= 15 is 0 Å². The van der Waals surface area contributed by atoms with Gasteiger partial charge in [0.25, 0.3) is 5.91 Å². The third kappa shape index (κ3) is 3.17. The van der Waals surface area contributed by atoms with Gasteiger partial charge >= 0.3 is 0 Å². The zero-order chi connectivity index (χ0) is 14.7. The highest BCUT2D eigenvalue weighted by Crippen LogP contribution is 2.08. The van der Waals surface area contributed by atoms with Gasteiger partial charge in [0.05, 0.1) is 38.2 Å². The lowest BCUT2D eigenvalue weighted by atomic mass is 10.1. The largest absolute Gasteiger partial charge is 0.545 e. The molecule has 1 aliphatic rings. The first kappa shape index (κ1) is 14.5. The minimum atomic E-state index is -1.26. The Labute approximate surface area is 118 Å². The van der Waals surface area contributed by atoms with Crippen molar-refractivity contribution in [2.45, 2.75) is 19.9 Å². The number of piperazine rings is 1. The molecule has 1 N–H and O–H groups in total. The van der Waals surface area contributed by atoms with Crippen molar-refractivity contribution in [2.75, 3.05) is 26.2 Å². The molecule has 1 saturated heterocycles. The number of carbonyl (C=O) groups excluding carboxylic acids is 2. The minimum absolute atomic E-state index is 0.0438. The summed E-state index contributed by atoms with van der Waals surface area (Å²) in [6.45, 7) is 7.64. The summed E-state index contributed by atoms with van der Waals surface area (Å²) in [5.74, 6) is -1.36. The van der Waals surface area contributed by atoms with E-state index in [2.05, 4.69) is 13.8 Å². The highest BCUT2D eigenvalue weighted by atomic mass is 16.4. The van der Waals surface area contributed by atoms with Crippen LogP contribution in [0.2, 0.25) is 0 Å². The number of benzene rings is 1. The summed E-state index contributed by atoms with van der Waals surface area (Å²) in [5, 5.41) is 10.8. The van der Waals surface area contributed by atoms with Crippen molar-refractivity contribution >= 4 is 11.9 Å². The summed E-state index contributed by atoms with van der Waals surface area (Å²) in [4.78, 5) is 26.5. The van der Waals surface area contributed by atoms with Crippen LogP contribution in [0.3, 0.4) is 0 Å². The van der Waals surface area contributed by atoms with Gasteiger partial charge in [0.1, 0.15) is 0 Å². The third-order valence-electron chi connectivity index (χ3n) is 3.85. The van der Waals surface area contributed by atoms with Gasteiger partial charge in [-0.2, -0.15) is 0 Å². The fraction of sp³-hybridized carbons (Fsp3) is 0.467. The van der Waals surface area contributed by atoms with Crippen molar-refractivity contribution in [3.8, 4) is 0 Å². The summed E-state index contributed by atoms with van der Waals surface area (Å²) in [7, 11) is 0. The number of quaternary nitrogens is 1. The molecule has 0 radical (unpaired) electrons. The topological polar surface area (TPSA) is 64.9 Å². The van der Waals surface area contributed by atoms with Crippen LogP contribution in [0.4, 0.5) is 0 Å². The molecule has 1 heterocycles. The zero-order valence-corrected chi connectivity index (χ0v) is 11.9. The second kappa shape index (κ2) is 6.05. The van der Waals surface area contributed by atoms with Gasteiger partial charge in [-0.15, -0.1) is 0 Å². The molecular weight excluding hydrogens is 256 g/mol. The van der Waals surface area contributed by atoms with Gasteiger partial charge in [-0.3, -0.25) is 4.79 Å². The first-order valence-corrected chi connectivity index (χ1v) is 6.94. The smallest absolute Gasteiger partial charge is 0.254 e. The van der Waals surface area contributed by atoms with E-state index in [4.69, 9.17) is 0 Å². The molecule has 1 aromatic rings. The monoisotopic (exact) mass is 276 g/mol. The van der Waals surface area contributed by atoms with Gasteiger partial charge < -0.3 is 19.7 Å². The first-order valence-electron chi connectivity index (χ1n) is 6.94. The fourth-order valence-electron chi connectivity index (χ4n) is 2.54. The highest BCUT2D eigenvalue weighted by Gasteiger charge is 2.25. The van der Waals surface area contributed by atoms with E-state index in [0.717, 1.165) is 13.1 Å². The van der Waals surface area contributed by atoms with Gasteiger partial charge in [-0.1, -0.05) is 12.1 Å². The standard InChI is InChI=1S/C15H20N2O3/c1-11(2)16-6-8-17(9-7-16)14(18)12-4-3-5-13(10-12)15(19)20/h3-5,10-11H,6-9H2,1-2H3,(H,19,20). The maximum atomic E-state index is 12.4. The van der Waals surface area contributed by atoms with Crippen molar-refractivity contribution in [3.63, 3.8) is 0 Å². The number of rotatable bonds is 3. The second-order valence-electron chi connectivity index (χ2n) is 5.47. The molecule has 0 spiro atoms. The molecular formula is C15H20N2O3. The maximum Gasteiger partial charge on any atom is 0.254 e. The van der Waals surface area contributed by atoms with Gasteiger partial charge in [-0.25, -0.2) is 0 Å². The Morgan fingerprint density at radius 3 is 2.35 bits per heavy atom. The highest BCUT2D eigenvalue weighted by molar-refractivity contribution is 5.97. The van der Waals surface area contributed by atoms with E-state index in [9.17, 15) is 14.7 Å². The molecule has 0 aliphatic carbocycles. The van der Waals surface area contributed by atoms with E-state index in [0.29, 0.717) is 24.7 Å². The lowest BCUT2D eigenvalue weighted by Crippen LogP contribution is -3.17. The molecule has 1 fully saturated rings. The molecule has 2 rings (SSSR count). The molecule has 0 bridgehead atoms. The van der Waals surface area contributed by atoms with E-state index in [-0.39, 0.29) is 11.5 Å². The van der Waals surface area contributed by atoms with Crippen LogP contribution in [-0.2, 0) is 0 Å². The number of nitrogens with zero attached hydrogens (tertiary/aromatic N) is 1. The maximum absolute atomic E-state index is 12.4. The number of hydrogen-bond donors (Lipinski definition) is 1. The second-order valence-corrected chi connectivity index (χ2v) is 5.47. The van der Waals surface area contributed by atoms with Crippen LogP contribution in [0.5, 0.6) is 0 Å². The Morgan fingerprint density at radius 2 is 1.80 bits per heavy atom. The van der Waals surface area contributed by atoms with Crippen molar-refractivity contribution in [2.24, 2.45) is 0 Å². The summed E-state index contributed by atoms with van der Waals surface area (Å²) >= 11 is 0. The SMILES string of the molecule is CC(C)[NH+]1CCN(C(=O)c2cccc(C(=O)[O-])c2)CC1. The molecule has 0 saturated carbocycles. The lowest BCUT2D eigenvalue weighted by molar-refractivity contribution is -0.925. The summed E-state index contributed by atoms with van der Waals surface area (Å²) in [5.41, 5.74) is 0.460. The molecule has 0 unspecified atom stereocenters. The average Bonchev–Trinajstić information content (AvgIpc) is 2.46. The molecule has 20 heavy (non-hydrogen) atoms.